The van der Waals surface area contributed by atoms with Crippen LogP contribution in [-0.2, 0) is 11.8 Å². The molecule has 1 aromatic heterocycles. The standard InChI is InChI=1S/C32H24N2S/c1-32-17-7-6-12-31(32)34(28-11-5-3-9-26(28)32)27-10-4-2-8-23(27)22-14-16-29-25(19-22)24-15-13-21(20-33)18-30(24)35-29/h2-18,22,31H,19H2,1H3. The molecule has 0 bridgehead atoms. The van der Waals surface area contributed by atoms with Crippen molar-refractivity contribution in [3.8, 4) is 6.07 Å². The maximum Gasteiger partial charge on any atom is 0.0992 e. The Kier molecular flexibility index (Phi) is 4.43. The minimum Gasteiger partial charge on any atom is -0.333 e. The topological polar surface area (TPSA) is 27.0 Å². The van der Waals surface area contributed by atoms with Crippen LogP contribution in [0.4, 0.5) is 11.4 Å². The quantitative estimate of drug-likeness (QED) is 0.298. The molecule has 0 spiro atoms. The number of thiophene rings is 1. The third-order valence-electron chi connectivity index (χ3n) is 7.94. The summed E-state index contributed by atoms with van der Waals surface area (Å²) in [6, 6.07) is 26.4. The van der Waals surface area contributed by atoms with Crippen LogP contribution in [0, 0.1) is 11.3 Å². The third-order valence-corrected chi connectivity index (χ3v) is 9.10. The lowest BCUT2D eigenvalue weighted by atomic mass is 9.76. The molecule has 0 saturated carbocycles. The number of nitrogens with zero attached hydrogens (tertiary/aromatic N) is 2. The van der Waals surface area contributed by atoms with Gasteiger partial charge < -0.3 is 4.90 Å². The Bertz CT molecular complexity index is 1630. The van der Waals surface area contributed by atoms with Crippen LogP contribution in [0.25, 0.3) is 16.2 Å². The lowest BCUT2D eigenvalue weighted by molar-refractivity contribution is 0.549. The zero-order valence-electron chi connectivity index (χ0n) is 19.5. The van der Waals surface area contributed by atoms with Crippen molar-refractivity contribution < 1.29 is 0 Å². The van der Waals surface area contributed by atoms with Gasteiger partial charge in [-0.3, -0.25) is 0 Å². The Hall–Kier alpha value is -3.87. The molecule has 35 heavy (non-hydrogen) atoms. The minimum absolute atomic E-state index is 0.0456. The molecule has 168 valence electrons. The molecule has 2 nitrogen and oxygen atoms in total. The van der Waals surface area contributed by atoms with E-state index in [0.717, 1.165) is 12.0 Å². The largest absolute Gasteiger partial charge is 0.333 e. The molecule has 3 atom stereocenters. The Morgan fingerprint density at radius 1 is 0.971 bits per heavy atom. The van der Waals surface area contributed by atoms with Crippen molar-refractivity contribution in [2.75, 3.05) is 4.90 Å². The Labute approximate surface area is 209 Å². The fourth-order valence-electron chi connectivity index (χ4n) is 6.20. The Morgan fingerprint density at radius 3 is 2.69 bits per heavy atom. The van der Waals surface area contributed by atoms with Gasteiger partial charge in [0.15, 0.2) is 0 Å². The van der Waals surface area contributed by atoms with E-state index in [0.29, 0.717) is 5.92 Å². The summed E-state index contributed by atoms with van der Waals surface area (Å²) in [5, 5.41) is 10.6. The number of allylic oxidation sites excluding steroid dienone is 3. The van der Waals surface area contributed by atoms with E-state index >= 15 is 0 Å². The number of hydrogen-bond donors (Lipinski definition) is 0. The van der Waals surface area contributed by atoms with Gasteiger partial charge in [-0.25, -0.2) is 0 Å². The molecule has 3 aromatic carbocycles. The van der Waals surface area contributed by atoms with Crippen molar-refractivity contribution in [3.05, 3.63) is 124 Å². The molecule has 3 heteroatoms. The molecule has 3 unspecified atom stereocenters. The molecular formula is C32H24N2S. The second-order valence-electron chi connectivity index (χ2n) is 9.85. The molecule has 0 N–H and O–H groups in total. The Morgan fingerprint density at radius 2 is 1.80 bits per heavy atom. The molecule has 7 rings (SSSR count). The number of fused-ring (bicyclic) bond motifs is 6. The Balaban J connectivity index is 1.34. The average molecular weight is 469 g/mol. The van der Waals surface area contributed by atoms with Gasteiger partial charge >= 0.3 is 0 Å². The van der Waals surface area contributed by atoms with Gasteiger partial charge in [-0.1, -0.05) is 72.8 Å². The summed E-state index contributed by atoms with van der Waals surface area (Å²) in [5.41, 5.74) is 7.43. The molecular weight excluding hydrogens is 444 g/mol. The second kappa shape index (κ2) is 7.57. The molecule has 4 aromatic rings. The van der Waals surface area contributed by atoms with Gasteiger partial charge in [0.25, 0.3) is 0 Å². The van der Waals surface area contributed by atoms with Crippen LogP contribution < -0.4 is 4.90 Å². The van der Waals surface area contributed by atoms with Crippen molar-refractivity contribution in [1.82, 2.24) is 0 Å². The van der Waals surface area contributed by atoms with Crippen LogP contribution in [0.1, 0.15) is 40.0 Å². The highest BCUT2D eigenvalue weighted by Gasteiger charge is 2.46. The van der Waals surface area contributed by atoms with Gasteiger partial charge in [0.2, 0.25) is 0 Å². The average Bonchev–Trinajstić information content (AvgIpc) is 3.40. The van der Waals surface area contributed by atoms with Gasteiger partial charge in [-0.2, -0.15) is 5.26 Å². The van der Waals surface area contributed by atoms with Crippen molar-refractivity contribution in [2.24, 2.45) is 0 Å². The highest BCUT2D eigenvalue weighted by atomic mass is 32.1. The van der Waals surface area contributed by atoms with Gasteiger partial charge in [0, 0.05) is 32.3 Å². The van der Waals surface area contributed by atoms with E-state index in [2.05, 4.69) is 109 Å². The lowest BCUT2D eigenvalue weighted by Gasteiger charge is -2.36. The molecule has 0 amide bonds. The van der Waals surface area contributed by atoms with Crippen LogP contribution in [0.5, 0.6) is 0 Å². The second-order valence-corrected chi connectivity index (χ2v) is 10.9. The van der Waals surface area contributed by atoms with Crippen LogP contribution >= 0.6 is 11.3 Å². The predicted molar refractivity (Wildman–Crippen MR) is 146 cm³/mol. The van der Waals surface area contributed by atoms with E-state index in [1.807, 2.05) is 12.1 Å². The van der Waals surface area contributed by atoms with Crippen LogP contribution in [0.3, 0.4) is 0 Å². The lowest BCUT2D eigenvalue weighted by Crippen LogP contribution is -2.39. The van der Waals surface area contributed by atoms with E-state index in [1.54, 1.807) is 11.3 Å². The maximum atomic E-state index is 9.32. The van der Waals surface area contributed by atoms with Gasteiger partial charge in [0.05, 0.1) is 17.7 Å². The SMILES string of the molecule is CC12C=CC=CC1N(c1ccccc1C1C=Cc3sc4cc(C#N)ccc4c3C1)c1ccccc12. The third kappa shape index (κ3) is 2.93. The normalized spacial score (nSPS) is 23.7. The van der Waals surface area contributed by atoms with Gasteiger partial charge in [-0.05, 0) is 65.8 Å². The zero-order valence-corrected chi connectivity index (χ0v) is 20.3. The highest BCUT2D eigenvalue weighted by molar-refractivity contribution is 7.20. The summed E-state index contributed by atoms with van der Waals surface area (Å²) >= 11 is 1.80. The first-order chi connectivity index (χ1) is 17.2. The molecule has 0 fully saturated rings. The first-order valence-corrected chi connectivity index (χ1v) is 13.0. The number of para-hydroxylation sites is 2. The zero-order chi connectivity index (χ0) is 23.6. The number of anilines is 2. The van der Waals surface area contributed by atoms with E-state index in [1.165, 1.54) is 43.0 Å². The summed E-state index contributed by atoms with van der Waals surface area (Å²) in [5.74, 6) is 0.300. The van der Waals surface area contributed by atoms with Crippen molar-refractivity contribution >= 4 is 38.9 Å². The maximum absolute atomic E-state index is 9.32. The highest BCUT2D eigenvalue weighted by Crippen LogP contribution is 2.53. The molecule has 3 aliphatic rings. The number of benzene rings is 3. The van der Waals surface area contributed by atoms with E-state index in [9.17, 15) is 5.26 Å². The summed E-state index contributed by atoms with van der Waals surface area (Å²) in [6.07, 6.45) is 14.7. The summed E-state index contributed by atoms with van der Waals surface area (Å²) in [7, 11) is 0. The van der Waals surface area contributed by atoms with Crippen LogP contribution in [0.2, 0.25) is 0 Å². The summed E-state index contributed by atoms with van der Waals surface area (Å²) in [4.78, 5) is 3.88. The van der Waals surface area contributed by atoms with Gasteiger partial charge in [-0.15, -0.1) is 11.3 Å². The number of rotatable bonds is 2. The van der Waals surface area contributed by atoms with E-state index in [-0.39, 0.29) is 11.5 Å². The predicted octanol–water partition coefficient (Wildman–Crippen LogP) is 8.03. The number of nitriles is 1. The molecule has 1 aliphatic heterocycles. The first-order valence-electron chi connectivity index (χ1n) is 12.1. The first kappa shape index (κ1) is 20.5. The fourth-order valence-corrected chi connectivity index (χ4v) is 7.39. The van der Waals surface area contributed by atoms with E-state index in [4.69, 9.17) is 0 Å². The smallest absolute Gasteiger partial charge is 0.0992 e. The van der Waals surface area contributed by atoms with Crippen LogP contribution in [0.15, 0.2) is 97.1 Å². The molecule has 2 heterocycles. The summed E-state index contributed by atoms with van der Waals surface area (Å²) in [6.45, 7) is 2.36. The van der Waals surface area contributed by atoms with Crippen molar-refractivity contribution in [1.29, 1.82) is 5.26 Å². The van der Waals surface area contributed by atoms with Crippen molar-refractivity contribution in [3.63, 3.8) is 0 Å². The molecule has 0 saturated heterocycles. The van der Waals surface area contributed by atoms with Crippen molar-refractivity contribution in [2.45, 2.75) is 30.7 Å². The molecule has 2 aliphatic carbocycles. The summed E-state index contributed by atoms with van der Waals surface area (Å²) < 4.78 is 1.20. The molecule has 0 radical (unpaired) electrons. The fraction of sp³-hybridized carbons (Fsp3) is 0.156. The monoisotopic (exact) mass is 468 g/mol. The van der Waals surface area contributed by atoms with Crippen LogP contribution in [-0.4, -0.2) is 6.04 Å². The minimum atomic E-state index is -0.0456. The van der Waals surface area contributed by atoms with E-state index < -0.39 is 0 Å². The number of hydrogen-bond acceptors (Lipinski definition) is 3. The van der Waals surface area contributed by atoms with Gasteiger partial charge in [0.1, 0.15) is 0 Å².